The molecule has 2 heterocycles. The van der Waals surface area contributed by atoms with Crippen LogP contribution in [0.15, 0.2) is 53.5 Å². The Kier molecular flexibility index (Phi) is 4.61. The van der Waals surface area contributed by atoms with Crippen molar-refractivity contribution in [3.63, 3.8) is 0 Å². The molecule has 0 aliphatic rings. The fraction of sp³-hybridized carbons (Fsp3) is 0.158. The van der Waals surface area contributed by atoms with Crippen LogP contribution in [0.4, 0.5) is 0 Å². The van der Waals surface area contributed by atoms with Crippen molar-refractivity contribution in [2.75, 3.05) is 0 Å². The van der Waals surface area contributed by atoms with Gasteiger partial charge in [-0.2, -0.15) is 5.10 Å². The molecule has 0 aliphatic heterocycles. The van der Waals surface area contributed by atoms with Crippen LogP contribution in [0.2, 0.25) is 0 Å². The van der Waals surface area contributed by atoms with Crippen LogP contribution in [0.25, 0.3) is 21.9 Å². The van der Waals surface area contributed by atoms with Gasteiger partial charge < -0.3 is 10.7 Å². The molecular weight excluding hydrogens is 336 g/mol. The molecule has 4 aromatic rings. The minimum absolute atomic E-state index is 0. The molecule has 0 aliphatic carbocycles. The largest absolute Gasteiger partial charge is 0.352 e. The summed E-state index contributed by atoms with van der Waals surface area (Å²) in [5.74, 6) is 0. The van der Waals surface area contributed by atoms with Crippen molar-refractivity contribution in [2.45, 2.75) is 13.0 Å². The third kappa shape index (κ3) is 3.04. The Labute approximate surface area is 150 Å². The number of pyridine rings is 1. The number of benzene rings is 2. The molecule has 0 bridgehead atoms. The molecule has 0 atom stereocenters. The fourth-order valence-corrected chi connectivity index (χ4v) is 3.10. The molecule has 3 N–H and O–H groups in total. The van der Waals surface area contributed by atoms with Crippen LogP contribution in [-0.2, 0) is 20.0 Å². The van der Waals surface area contributed by atoms with Gasteiger partial charge in [-0.25, -0.2) is 0 Å². The van der Waals surface area contributed by atoms with Gasteiger partial charge in [0.1, 0.15) is 5.52 Å². The summed E-state index contributed by atoms with van der Waals surface area (Å²) in [6.07, 6.45) is 2.47. The van der Waals surface area contributed by atoms with Gasteiger partial charge in [-0.3, -0.25) is 9.48 Å². The van der Waals surface area contributed by atoms with E-state index in [4.69, 9.17) is 5.73 Å². The molecule has 4 rings (SSSR count). The van der Waals surface area contributed by atoms with Gasteiger partial charge in [0.2, 0.25) is 5.43 Å². The molecule has 2 aromatic carbocycles. The van der Waals surface area contributed by atoms with E-state index in [-0.39, 0.29) is 17.8 Å². The van der Waals surface area contributed by atoms with Crippen molar-refractivity contribution >= 4 is 34.3 Å². The second-order valence-electron chi connectivity index (χ2n) is 6.06. The number of H-pyrrole nitrogens is 1. The summed E-state index contributed by atoms with van der Waals surface area (Å²) in [6, 6.07) is 14.2. The second-order valence-corrected chi connectivity index (χ2v) is 6.06. The number of aromatic nitrogens is 3. The van der Waals surface area contributed by atoms with E-state index in [9.17, 15) is 4.79 Å². The van der Waals surface area contributed by atoms with Crippen molar-refractivity contribution < 1.29 is 0 Å². The average Bonchev–Trinajstić information content (AvgIpc) is 2.97. The maximum atomic E-state index is 12.8. The Bertz CT molecular complexity index is 1100. The van der Waals surface area contributed by atoms with Gasteiger partial charge in [-0.05, 0) is 35.2 Å². The highest BCUT2D eigenvalue weighted by Gasteiger charge is 2.10. The normalized spacial score (nSPS) is 11.0. The number of rotatable bonds is 3. The number of nitrogens with two attached hydrogens (primary N) is 1. The van der Waals surface area contributed by atoms with E-state index in [0.717, 1.165) is 28.6 Å². The van der Waals surface area contributed by atoms with Gasteiger partial charge in [0.25, 0.3) is 0 Å². The molecule has 25 heavy (non-hydrogen) atoms. The number of aromatic amines is 1. The summed E-state index contributed by atoms with van der Waals surface area (Å²) in [6.45, 7) is 0.548. The molecule has 0 amide bonds. The minimum Gasteiger partial charge on any atom is -0.352 e. The molecular formula is C19H19ClN4O. The SMILES string of the molecule is Cl.Cn1ncc2[nH]c3ccc(Cc4ccc(CN)cc4)cc3c(=O)c21. The molecule has 2 aromatic heterocycles. The van der Waals surface area contributed by atoms with Crippen LogP contribution >= 0.6 is 12.4 Å². The highest BCUT2D eigenvalue weighted by molar-refractivity contribution is 5.90. The van der Waals surface area contributed by atoms with Crippen molar-refractivity contribution in [3.8, 4) is 0 Å². The third-order valence-corrected chi connectivity index (χ3v) is 4.42. The van der Waals surface area contributed by atoms with Gasteiger partial charge in [-0.15, -0.1) is 12.4 Å². The lowest BCUT2D eigenvalue weighted by molar-refractivity contribution is 0.795. The van der Waals surface area contributed by atoms with Crippen LogP contribution < -0.4 is 11.2 Å². The molecule has 6 heteroatoms. The van der Waals surface area contributed by atoms with Crippen molar-refractivity contribution in [1.29, 1.82) is 0 Å². The molecule has 0 fully saturated rings. The monoisotopic (exact) mass is 354 g/mol. The lowest BCUT2D eigenvalue weighted by Crippen LogP contribution is -2.08. The van der Waals surface area contributed by atoms with Crippen LogP contribution in [0, 0.1) is 0 Å². The molecule has 128 valence electrons. The zero-order chi connectivity index (χ0) is 16.7. The smallest absolute Gasteiger partial charge is 0.215 e. The zero-order valence-electron chi connectivity index (χ0n) is 13.8. The number of aryl methyl sites for hydroxylation is 1. The second kappa shape index (κ2) is 6.70. The van der Waals surface area contributed by atoms with Gasteiger partial charge >= 0.3 is 0 Å². The van der Waals surface area contributed by atoms with Gasteiger partial charge in [-0.1, -0.05) is 30.3 Å². The van der Waals surface area contributed by atoms with Crippen LogP contribution in [0.5, 0.6) is 0 Å². The number of nitrogens with zero attached hydrogens (tertiary/aromatic N) is 2. The minimum atomic E-state index is 0. The lowest BCUT2D eigenvalue weighted by Gasteiger charge is -2.06. The van der Waals surface area contributed by atoms with E-state index in [2.05, 4.69) is 28.3 Å². The number of hydrogen-bond donors (Lipinski definition) is 2. The van der Waals surface area contributed by atoms with E-state index in [1.807, 2.05) is 24.3 Å². The van der Waals surface area contributed by atoms with Crippen LogP contribution in [-0.4, -0.2) is 14.8 Å². The Morgan fingerprint density at radius 3 is 2.44 bits per heavy atom. The standard InChI is InChI=1S/C19H18N4O.ClH/c1-23-18-17(11-21-23)22-16-7-6-14(9-15(16)19(18)24)8-12-2-4-13(10-20)5-3-12;/h2-7,9,11H,8,10,20H2,1H3,(H,22,24);1H. The molecule has 0 saturated carbocycles. The maximum Gasteiger partial charge on any atom is 0.215 e. The Balaban J connectivity index is 0.00000182. The predicted molar refractivity (Wildman–Crippen MR) is 103 cm³/mol. The Morgan fingerprint density at radius 1 is 1.04 bits per heavy atom. The van der Waals surface area contributed by atoms with Crippen molar-refractivity contribution in [2.24, 2.45) is 12.8 Å². The topological polar surface area (TPSA) is 76.7 Å². The first-order chi connectivity index (χ1) is 11.7. The fourth-order valence-electron chi connectivity index (χ4n) is 3.10. The maximum absolute atomic E-state index is 12.8. The average molecular weight is 355 g/mol. The number of fused-ring (bicyclic) bond motifs is 2. The molecule has 0 saturated heterocycles. The summed E-state index contributed by atoms with van der Waals surface area (Å²) in [7, 11) is 1.78. The van der Waals surface area contributed by atoms with Crippen LogP contribution in [0.1, 0.15) is 16.7 Å². The summed E-state index contributed by atoms with van der Waals surface area (Å²) in [5.41, 5.74) is 11.3. The zero-order valence-corrected chi connectivity index (χ0v) is 14.6. The highest BCUT2D eigenvalue weighted by atomic mass is 35.5. The summed E-state index contributed by atoms with van der Waals surface area (Å²) < 4.78 is 1.62. The first kappa shape index (κ1) is 17.2. The highest BCUT2D eigenvalue weighted by Crippen LogP contribution is 2.18. The number of hydrogen-bond acceptors (Lipinski definition) is 3. The van der Waals surface area contributed by atoms with Gasteiger partial charge in [0, 0.05) is 24.5 Å². The molecule has 0 unspecified atom stereocenters. The van der Waals surface area contributed by atoms with Gasteiger partial charge in [0.05, 0.1) is 11.7 Å². The number of halogens is 1. The molecule has 0 spiro atoms. The predicted octanol–water partition coefficient (Wildman–Crippen LogP) is 2.89. The summed E-state index contributed by atoms with van der Waals surface area (Å²) in [4.78, 5) is 16.0. The first-order valence-electron chi connectivity index (χ1n) is 7.90. The van der Waals surface area contributed by atoms with E-state index in [0.29, 0.717) is 17.4 Å². The van der Waals surface area contributed by atoms with E-state index in [1.165, 1.54) is 5.56 Å². The van der Waals surface area contributed by atoms with Crippen molar-refractivity contribution in [1.82, 2.24) is 14.8 Å². The number of nitrogens with one attached hydrogen (secondary N) is 1. The quantitative estimate of drug-likeness (QED) is 0.594. The first-order valence-corrected chi connectivity index (χ1v) is 7.90. The third-order valence-electron chi connectivity index (χ3n) is 4.42. The Hall–Kier alpha value is -2.63. The van der Waals surface area contributed by atoms with Crippen molar-refractivity contribution in [3.05, 3.63) is 75.6 Å². The van der Waals surface area contributed by atoms with E-state index in [1.54, 1.807) is 17.9 Å². The lowest BCUT2D eigenvalue weighted by atomic mass is 10.0. The van der Waals surface area contributed by atoms with E-state index >= 15 is 0 Å². The van der Waals surface area contributed by atoms with E-state index < -0.39 is 0 Å². The molecule has 0 radical (unpaired) electrons. The summed E-state index contributed by atoms with van der Waals surface area (Å²) >= 11 is 0. The van der Waals surface area contributed by atoms with Crippen LogP contribution in [0.3, 0.4) is 0 Å². The molecule has 5 nitrogen and oxygen atoms in total. The van der Waals surface area contributed by atoms with Gasteiger partial charge in [0.15, 0.2) is 0 Å². The Morgan fingerprint density at radius 2 is 1.72 bits per heavy atom. The summed E-state index contributed by atoms with van der Waals surface area (Å²) in [5, 5.41) is 4.86.